The van der Waals surface area contributed by atoms with Gasteiger partial charge in [-0.1, -0.05) is 22.9 Å². The van der Waals surface area contributed by atoms with Gasteiger partial charge in [-0.15, -0.1) is 0 Å². The molecule has 1 aromatic carbocycles. The van der Waals surface area contributed by atoms with Crippen LogP contribution in [-0.4, -0.2) is 5.12 Å². The Labute approximate surface area is 98.6 Å². The van der Waals surface area contributed by atoms with Crippen molar-refractivity contribution >= 4 is 49.3 Å². The average molecular weight is 322 g/mol. The van der Waals surface area contributed by atoms with Crippen LogP contribution in [0.15, 0.2) is 24.3 Å². The molecule has 68 valence electrons. The number of carbonyl (C=O) groups excluding carboxylic acids is 1. The number of hydrogen-bond acceptors (Lipinski definition) is 3. The summed E-state index contributed by atoms with van der Waals surface area (Å²) in [4.78, 5) is 11.0. The molecule has 0 aliphatic carbocycles. The van der Waals surface area contributed by atoms with E-state index in [1.165, 1.54) is 19.9 Å². The van der Waals surface area contributed by atoms with Crippen molar-refractivity contribution in [3.8, 4) is 0 Å². The second-order valence-electron chi connectivity index (χ2n) is 2.80. The Hall–Kier alpha value is 0.320. The lowest BCUT2D eigenvalue weighted by atomic mass is 10.1. The molecule has 1 aliphatic rings. The van der Waals surface area contributed by atoms with Gasteiger partial charge in [0.15, 0.2) is 0 Å². The van der Waals surface area contributed by atoms with Crippen LogP contribution >= 0.6 is 44.2 Å². The first-order valence-electron chi connectivity index (χ1n) is 3.87. The Kier molecular flexibility index (Phi) is 3.21. The molecule has 1 fully saturated rings. The molecule has 0 aromatic heterocycles. The summed E-state index contributed by atoms with van der Waals surface area (Å²) in [6, 6.07) is 8.39. The molecular formula is C9H7IOS2. The molecule has 1 heterocycles. The molecule has 0 saturated carbocycles. The lowest BCUT2D eigenvalue weighted by molar-refractivity contribution is -0.110. The van der Waals surface area contributed by atoms with E-state index < -0.39 is 0 Å². The zero-order valence-electron chi connectivity index (χ0n) is 6.70. The van der Waals surface area contributed by atoms with Crippen molar-refractivity contribution in [3.63, 3.8) is 0 Å². The average Bonchev–Trinajstić information content (AvgIpc) is 2.53. The highest BCUT2D eigenvalue weighted by Crippen LogP contribution is 2.48. The molecule has 1 atom stereocenters. The number of benzene rings is 1. The highest BCUT2D eigenvalue weighted by Gasteiger charge is 2.25. The van der Waals surface area contributed by atoms with Gasteiger partial charge >= 0.3 is 0 Å². The number of halogens is 1. The third-order valence-electron chi connectivity index (χ3n) is 1.85. The number of hydrogen-bond donors (Lipinski definition) is 0. The molecule has 1 saturated heterocycles. The van der Waals surface area contributed by atoms with Crippen LogP contribution < -0.4 is 0 Å². The van der Waals surface area contributed by atoms with E-state index in [1.54, 1.807) is 10.8 Å². The first-order valence-corrected chi connectivity index (χ1v) is 7.16. The fourth-order valence-electron chi connectivity index (χ4n) is 1.18. The van der Waals surface area contributed by atoms with Crippen LogP contribution in [0.5, 0.6) is 0 Å². The predicted octanol–water partition coefficient (Wildman–Crippen LogP) is 3.64. The molecule has 0 N–H and O–H groups in total. The summed E-state index contributed by atoms with van der Waals surface area (Å²) >= 11 is 2.28. The highest BCUT2D eigenvalue weighted by atomic mass is 127. The molecule has 2 rings (SSSR count). The minimum absolute atomic E-state index is 0.300. The van der Waals surface area contributed by atoms with Gasteiger partial charge in [0, 0.05) is 15.2 Å². The molecule has 0 radical (unpaired) electrons. The van der Waals surface area contributed by atoms with Crippen LogP contribution in [0.2, 0.25) is 0 Å². The standard InChI is InChI=1S/C9H7IOS2/c10-7-3-1-6(2-4-7)8-5-9(11)13-12-8/h1-4,8H,5H2. The lowest BCUT2D eigenvalue weighted by Crippen LogP contribution is -1.91. The van der Waals surface area contributed by atoms with Gasteiger partial charge < -0.3 is 0 Å². The van der Waals surface area contributed by atoms with E-state index in [-0.39, 0.29) is 0 Å². The Morgan fingerprint density at radius 3 is 2.54 bits per heavy atom. The van der Waals surface area contributed by atoms with Gasteiger partial charge in [0.1, 0.15) is 0 Å². The molecule has 13 heavy (non-hydrogen) atoms. The first kappa shape index (κ1) is 9.86. The second kappa shape index (κ2) is 4.23. The quantitative estimate of drug-likeness (QED) is 0.580. The summed E-state index contributed by atoms with van der Waals surface area (Å²) in [6.07, 6.45) is 0.677. The minimum atomic E-state index is 0.300. The summed E-state index contributed by atoms with van der Waals surface area (Å²) in [5, 5.41) is 0.669. The van der Waals surface area contributed by atoms with Crippen molar-refractivity contribution in [1.82, 2.24) is 0 Å². The van der Waals surface area contributed by atoms with Crippen molar-refractivity contribution in [2.75, 3.05) is 0 Å². The molecule has 0 spiro atoms. The highest BCUT2D eigenvalue weighted by molar-refractivity contribution is 14.1. The van der Waals surface area contributed by atoms with E-state index in [4.69, 9.17) is 0 Å². The van der Waals surface area contributed by atoms with Gasteiger partial charge in [0.05, 0.1) is 0 Å². The molecule has 4 heteroatoms. The van der Waals surface area contributed by atoms with E-state index in [9.17, 15) is 4.79 Å². The van der Waals surface area contributed by atoms with E-state index in [0.717, 1.165) is 0 Å². The van der Waals surface area contributed by atoms with Crippen molar-refractivity contribution in [2.24, 2.45) is 0 Å². The molecule has 1 unspecified atom stereocenters. The van der Waals surface area contributed by atoms with Crippen LogP contribution in [0, 0.1) is 3.57 Å². The van der Waals surface area contributed by atoms with E-state index in [1.807, 2.05) is 0 Å². The zero-order chi connectivity index (χ0) is 9.26. The first-order chi connectivity index (χ1) is 6.25. The van der Waals surface area contributed by atoms with Gasteiger partial charge in [-0.05, 0) is 51.1 Å². The van der Waals surface area contributed by atoms with Gasteiger partial charge in [0.2, 0.25) is 5.12 Å². The van der Waals surface area contributed by atoms with Crippen molar-refractivity contribution in [1.29, 1.82) is 0 Å². The monoisotopic (exact) mass is 322 g/mol. The van der Waals surface area contributed by atoms with Gasteiger partial charge in [0.25, 0.3) is 0 Å². The molecule has 0 bridgehead atoms. The van der Waals surface area contributed by atoms with E-state index in [0.29, 0.717) is 16.8 Å². The molecule has 1 nitrogen and oxygen atoms in total. The Balaban J connectivity index is 2.17. The van der Waals surface area contributed by atoms with E-state index >= 15 is 0 Å². The largest absolute Gasteiger partial charge is 0.286 e. The maximum Gasteiger partial charge on any atom is 0.200 e. The fraction of sp³-hybridized carbons (Fsp3) is 0.222. The summed E-state index contributed by atoms with van der Waals surface area (Å²) in [6.45, 7) is 0. The SMILES string of the molecule is O=C1CC(c2ccc(I)cc2)SS1. The van der Waals surface area contributed by atoms with Crippen LogP contribution in [0.4, 0.5) is 0 Å². The molecule has 1 aromatic rings. The van der Waals surface area contributed by atoms with Gasteiger partial charge in [-0.25, -0.2) is 0 Å². The van der Waals surface area contributed by atoms with E-state index in [2.05, 4.69) is 46.9 Å². The van der Waals surface area contributed by atoms with Crippen LogP contribution in [0.1, 0.15) is 17.2 Å². The summed E-state index contributed by atoms with van der Waals surface area (Å²) < 4.78 is 1.24. The maximum absolute atomic E-state index is 11.0. The molecule has 0 amide bonds. The lowest BCUT2D eigenvalue weighted by Gasteiger charge is -2.05. The zero-order valence-corrected chi connectivity index (χ0v) is 10.5. The maximum atomic E-state index is 11.0. The Morgan fingerprint density at radius 2 is 2.00 bits per heavy atom. The normalized spacial score (nSPS) is 22.2. The summed E-state index contributed by atoms with van der Waals surface area (Å²) in [7, 11) is 3.05. The van der Waals surface area contributed by atoms with Crippen molar-refractivity contribution < 1.29 is 4.79 Å². The number of rotatable bonds is 1. The molecule has 1 aliphatic heterocycles. The van der Waals surface area contributed by atoms with Crippen molar-refractivity contribution in [2.45, 2.75) is 11.7 Å². The van der Waals surface area contributed by atoms with Crippen LogP contribution in [0.3, 0.4) is 0 Å². The third kappa shape index (κ3) is 2.41. The third-order valence-corrected chi connectivity index (χ3v) is 5.23. The minimum Gasteiger partial charge on any atom is -0.286 e. The van der Waals surface area contributed by atoms with Crippen LogP contribution in [0.25, 0.3) is 0 Å². The number of carbonyl (C=O) groups is 1. The Bertz CT molecular complexity index is 323. The summed E-state index contributed by atoms with van der Waals surface area (Å²) in [5.41, 5.74) is 1.27. The topological polar surface area (TPSA) is 17.1 Å². The van der Waals surface area contributed by atoms with Gasteiger partial charge in [-0.3, -0.25) is 4.79 Å². The molecular weight excluding hydrogens is 315 g/mol. The van der Waals surface area contributed by atoms with Crippen LogP contribution in [-0.2, 0) is 4.79 Å². The second-order valence-corrected chi connectivity index (χ2v) is 6.50. The van der Waals surface area contributed by atoms with Gasteiger partial charge in [-0.2, -0.15) is 0 Å². The Morgan fingerprint density at radius 1 is 1.31 bits per heavy atom. The fourth-order valence-corrected chi connectivity index (χ4v) is 4.00. The van der Waals surface area contributed by atoms with Crippen molar-refractivity contribution in [3.05, 3.63) is 33.4 Å². The smallest absolute Gasteiger partial charge is 0.200 e. The predicted molar refractivity (Wildman–Crippen MR) is 66.7 cm³/mol. The summed E-state index contributed by atoms with van der Waals surface area (Å²) in [5.74, 6) is 0.